The van der Waals surface area contributed by atoms with E-state index in [1.807, 2.05) is 19.2 Å². The van der Waals surface area contributed by atoms with Gasteiger partial charge in [0.25, 0.3) is 0 Å². The molecular formula is C15H23NO3. The number of ether oxygens (including phenoxy) is 1. The van der Waals surface area contributed by atoms with Crippen molar-refractivity contribution in [2.45, 2.75) is 32.6 Å². The van der Waals surface area contributed by atoms with Crippen LogP contribution in [0.5, 0.6) is 5.75 Å². The lowest BCUT2D eigenvalue weighted by Gasteiger charge is -2.20. The van der Waals surface area contributed by atoms with Crippen LogP contribution < -0.4 is 9.64 Å². The lowest BCUT2D eigenvalue weighted by Crippen LogP contribution is -2.18. The smallest absolute Gasteiger partial charge is 0.303 e. The van der Waals surface area contributed by atoms with Gasteiger partial charge in [0, 0.05) is 25.7 Å². The quantitative estimate of drug-likeness (QED) is 0.734. The second-order valence-corrected chi connectivity index (χ2v) is 4.62. The Kier molecular flexibility index (Phi) is 6.19. The predicted octanol–water partition coefficient (Wildman–Crippen LogP) is 2.95. The molecule has 1 rings (SSSR count). The van der Waals surface area contributed by atoms with E-state index in [0.29, 0.717) is 0 Å². The molecule has 0 spiro atoms. The van der Waals surface area contributed by atoms with Gasteiger partial charge in [0.2, 0.25) is 0 Å². The highest BCUT2D eigenvalue weighted by molar-refractivity contribution is 5.66. The van der Waals surface area contributed by atoms with Gasteiger partial charge in [-0.2, -0.15) is 0 Å². The lowest BCUT2D eigenvalue weighted by molar-refractivity contribution is -0.137. The van der Waals surface area contributed by atoms with Gasteiger partial charge in [0.05, 0.1) is 7.11 Å². The minimum Gasteiger partial charge on any atom is -0.496 e. The van der Waals surface area contributed by atoms with Crippen molar-refractivity contribution in [3.8, 4) is 5.75 Å². The molecule has 0 heterocycles. The van der Waals surface area contributed by atoms with Gasteiger partial charge in [-0.25, -0.2) is 0 Å². The third kappa shape index (κ3) is 4.81. The topological polar surface area (TPSA) is 49.8 Å². The minimum atomic E-state index is -0.722. The van der Waals surface area contributed by atoms with E-state index in [4.69, 9.17) is 9.84 Å². The highest BCUT2D eigenvalue weighted by Gasteiger charge is 2.06. The molecule has 106 valence electrons. The number of methoxy groups -OCH3 is 1. The molecule has 0 radical (unpaired) electrons. The molecule has 0 saturated carbocycles. The van der Waals surface area contributed by atoms with Gasteiger partial charge in [0.1, 0.15) is 5.75 Å². The molecule has 1 aromatic rings. The molecule has 0 fully saturated rings. The standard InChI is InChI=1S/C15H23NO3/c1-4-12-11-13(8-9-14(12)19-3)16(2)10-6-5-7-15(17)18/h8-9,11H,4-7,10H2,1-3H3,(H,17,18). The Morgan fingerprint density at radius 1 is 1.37 bits per heavy atom. The maximum Gasteiger partial charge on any atom is 0.303 e. The van der Waals surface area contributed by atoms with Crippen LogP contribution in [-0.4, -0.2) is 31.8 Å². The monoisotopic (exact) mass is 265 g/mol. The van der Waals surface area contributed by atoms with Crippen LogP contribution >= 0.6 is 0 Å². The molecule has 1 N–H and O–H groups in total. The summed E-state index contributed by atoms with van der Waals surface area (Å²) >= 11 is 0. The molecule has 1 aromatic carbocycles. The molecule has 0 aliphatic heterocycles. The van der Waals surface area contributed by atoms with Crippen LogP contribution in [-0.2, 0) is 11.2 Å². The molecule has 4 nitrogen and oxygen atoms in total. The molecule has 0 unspecified atom stereocenters. The van der Waals surface area contributed by atoms with Crippen molar-refractivity contribution in [3.05, 3.63) is 23.8 Å². The van der Waals surface area contributed by atoms with Crippen LogP contribution in [0.3, 0.4) is 0 Å². The van der Waals surface area contributed by atoms with E-state index >= 15 is 0 Å². The molecule has 19 heavy (non-hydrogen) atoms. The number of nitrogens with zero attached hydrogens (tertiary/aromatic N) is 1. The van der Waals surface area contributed by atoms with E-state index in [9.17, 15) is 4.79 Å². The van der Waals surface area contributed by atoms with Crippen LogP contribution in [0.25, 0.3) is 0 Å². The van der Waals surface area contributed by atoms with Crippen LogP contribution in [0.2, 0.25) is 0 Å². The largest absolute Gasteiger partial charge is 0.496 e. The van der Waals surface area contributed by atoms with Crippen LogP contribution in [0.15, 0.2) is 18.2 Å². The first kappa shape index (κ1) is 15.3. The number of hydrogen-bond acceptors (Lipinski definition) is 3. The second-order valence-electron chi connectivity index (χ2n) is 4.62. The van der Waals surface area contributed by atoms with Crippen molar-refractivity contribution in [2.24, 2.45) is 0 Å². The van der Waals surface area contributed by atoms with E-state index in [0.717, 1.165) is 37.2 Å². The zero-order chi connectivity index (χ0) is 14.3. The number of unbranched alkanes of at least 4 members (excludes halogenated alkanes) is 1. The van der Waals surface area contributed by atoms with Crippen molar-refractivity contribution < 1.29 is 14.6 Å². The first-order valence-electron chi connectivity index (χ1n) is 6.68. The maximum absolute atomic E-state index is 10.4. The molecule has 0 aliphatic rings. The molecule has 0 saturated heterocycles. The van der Waals surface area contributed by atoms with Gasteiger partial charge in [-0.1, -0.05) is 6.92 Å². The first-order chi connectivity index (χ1) is 9.08. The lowest BCUT2D eigenvalue weighted by atomic mass is 10.1. The highest BCUT2D eigenvalue weighted by atomic mass is 16.5. The van der Waals surface area contributed by atoms with Gasteiger partial charge in [0.15, 0.2) is 0 Å². The summed E-state index contributed by atoms with van der Waals surface area (Å²) in [7, 11) is 3.71. The highest BCUT2D eigenvalue weighted by Crippen LogP contribution is 2.25. The normalized spacial score (nSPS) is 10.3. The number of aliphatic carboxylic acids is 1. The fourth-order valence-corrected chi connectivity index (χ4v) is 2.03. The number of carboxylic acid groups (broad SMARTS) is 1. The van der Waals surface area contributed by atoms with Gasteiger partial charge in [-0.05, 0) is 43.0 Å². The van der Waals surface area contributed by atoms with E-state index < -0.39 is 5.97 Å². The average Bonchev–Trinajstić information content (AvgIpc) is 2.42. The number of carbonyl (C=O) groups is 1. The number of carboxylic acids is 1. The maximum atomic E-state index is 10.4. The Bertz CT molecular complexity index is 418. The summed E-state index contributed by atoms with van der Waals surface area (Å²) in [5.41, 5.74) is 2.34. The van der Waals surface area contributed by atoms with E-state index in [2.05, 4.69) is 17.9 Å². The Morgan fingerprint density at radius 2 is 2.11 bits per heavy atom. The van der Waals surface area contributed by atoms with Crippen molar-refractivity contribution in [3.63, 3.8) is 0 Å². The SMILES string of the molecule is CCc1cc(N(C)CCCCC(=O)O)ccc1OC. The van der Waals surface area contributed by atoms with Gasteiger partial charge in [-0.3, -0.25) is 4.79 Å². The van der Waals surface area contributed by atoms with E-state index in [-0.39, 0.29) is 6.42 Å². The second kappa shape index (κ2) is 7.67. The van der Waals surface area contributed by atoms with E-state index in [1.54, 1.807) is 7.11 Å². The van der Waals surface area contributed by atoms with Crippen LogP contribution in [0, 0.1) is 0 Å². The third-order valence-corrected chi connectivity index (χ3v) is 3.22. The molecule has 0 aromatic heterocycles. The van der Waals surface area contributed by atoms with Crippen molar-refractivity contribution in [1.29, 1.82) is 0 Å². The average molecular weight is 265 g/mol. The Hall–Kier alpha value is -1.71. The van der Waals surface area contributed by atoms with Gasteiger partial charge < -0.3 is 14.7 Å². The summed E-state index contributed by atoms with van der Waals surface area (Å²) in [4.78, 5) is 12.6. The summed E-state index contributed by atoms with van der Waals surface area (Å²) in [6.45, 7) is 2.97. The summed E-state index contributed by atoms with van der Waals surface area (Å²) < 4.78 is 5.31. The van der Waals surface area contributed by atoms with Crippen molar-refractivity contribution in [1.82, 2.24) is 0 Å². The van der Waals surface area contributed by atoms with Gasteiger partial charge in [-0.15, -0.1) is 0 Å². The third-order valence-electron chi connectivity index (χ3n) is 3.22. The summed E-state index contributed by atoms with van der Waals surface area (Å²) in [6, 6.07) is 6.16. The molecule has 0 amide bonds. The van der Waals surface area contributed by atoms with Crippen LogP contribution in [0.4, 0.5) is 5.69 Å². The van der Waals surface area contributed by atoms with Gasteiger partial charge >= 0.3 is 5.97 Å². The Balaban J connectivity index is 2.56. The summed E-state index contributed by atoms with van der Waals surface area (Å²) in [6.07, 6.45) is 2.79. The predicted molar refractivity (Wildman–Crippen MR) is 77.1 cm³/mol. The van der Waals surface area contributed by atoms with Crippen LogP contribution in [0.1, 0.15) is 31.7 Å². The molecule has 0 atom stereocenters. The fraction of sp³-hybridized carbons (Fsp3) is 0.533. The zero-order valence-corrected chi connectivity index (χ0v) is 12.0. The number of anilines is 1. The number of hydrogen-bond donors (Lipinski definition) is 1. The molecule has 4 heteroatoms. The number of aryl methyl sites for hydroxylation is 1. The zero-order valence-electron chi connectivity index (χ0n) is 12.0. The fourth-order valence-electron chi connectivity index (χ4n) is 2.03. The van der Waals surface area contributed by atoms with Crippen molar-refractivity contribution >= 4 is 11.7 Å². The Labute approximate surface area is 115 Å². The molecular weight excluding hydrogens is 242 g/mol. The summed E-state index contributed by atoms with van der Waals surface area (Å²) in [5, 5.41) is 8.59. The number of rotatable bonds is 8. The summed E-state index contributed by atoms with van der Waals surface area (Å²) in [5.74, 6) is 0.200. The van der Waals surface area contributed by atoms with E-state index in [1.165, 1.54) is 5.56 Å². The number of benzene rings is 1. The molecule has 0 bridgehead atoms. The minimum absolute atomic E-state index is 0.247. The molecule has 0 aliphatic carbocycles. The first-order valence-corrected chi connectivity index (χ1v) is 6.68. The Morgan fingerprint density at radius 3 is 2.68 bits per heavy atom. The van der Waals surface area contributed by atoms with Crippen molar-refractivity contribution in [2.75, 3.05) is 25.6 Å².